The number of fused-ring (bicyclic) bond motifs is 2. The standard InChI is InChI=1S/C24H24N6O/c1-3-5-6-16(4-2)17-7-8-19-18(13-17)22(29-28-19)24-26-20-14-25-15-21(23(20)27-24)30-9-11-31-12-10-30/h3-8,13-15H,1,9-12H2,2H3,(H,26,27)(H,28,29)/b6-5-,16-4+. The SMILES string of the molecule is C=C/C=C\C(=C/C)c1ccc2[nH]nc(-c3nc4c(N5CCOCC5)cncc4[nH]3)c2c1. The van der Waals surface area contributed by atoms with E-state index in [1.54, 1.807) is 6.08 Å². The first-order chi connectivity index (χ1) is 15.3. The number of allylic oxidation sites excluding steroid dienone is 5. The number of nitrogens with one attached hydrogen (secondary N) is 2. The third-order valence-electron chi connectivity index (χ3n) is 5.57. The number of nitrogens with zero attached hydrogens (tertiary/aromatic N) is 4. The lowest BCUT2D eigenvalue weighted by atomic mass is 10.0. The molecule has 7 heteroatoms. The van der Waals surface area contributed by atoms with Gasteiger partial charge in [0.2, 0.25) is 0 Å². The fourth-order valence-corrected chi connectivity index (χ4v) is 3.97. The lowest BCUT2D eigenvalue weighted by Gasteiger charge is -2.28. The Morgan fingerprint density at radius 1 is 1.19 bits per heavy atom. The summed E-state index contributed by atoms with van der Waals surface area (Å²) in [6, 6.07) is 6.28. The zero-order valence-corrected chi connectivity index (χ0v) is 17.4. The number of pyridine rings is 1. The number of imidazole rings is 1. The van der Waals surface area contributed by atoms with Crippen LogP contribution in [0.25, 0.3) is 39.0 Å². The molecule has 0 saturated carbocycles. The Kier molecular flexibility index (Phi) is 5.09. The molecule has 4 heterocycles. The summed E-state index contributed by atoms with van der Waals surface area (Å²) in [4.78, 5) is 15.0. The van der Waals surface area contributed by atoms with Crippen LogP contribution in [0.2, 0.25) is 0 Å². The predicted octanol–water partition coefficient (Wildman–Crippen LogP) is 4.48. The molecular weight excluding hydrogens is 388 g/mol. The number of aromatic nitrogens is 5. The van der Waals surface area contributed by atoms with Crippen LogP contribution in [-0.4, -0.2) is 51.5 Å². The first-order valence-corrected chi connectivity index (χ1v) is 10.4. The lowest BCUT2D eigenvalue weighted by Crippen LogP contribution is -2.36. The van der Waals surface area contributed by atoms with Crippen molar-refractivity contribution in [2.24, 2.45) is 0 Å². The highest BCUT2D eigenvalue weighted by Crippen LogP contribution is 2.31. The van der Waals surface area contributed by atoms with Crippen LogP contribution in [0.5, 0.6) is 0 Å². The molecule has 3 aromatic heterocycles. The number of H-pyrrole nitrogens is 2. The van der Waals surface area contributed by atoms with Gasteiger partial charge in [-0.2, -0.15) is 5.10 Å². The average molecular weight is 412 g/mol. The molecule has 0 spiro atoms. The van der Waals surface area contributed by atoms with Crippen LogP contribution in [-0.2, 0) is 4.74 Å². The smallest absolute Gasteiger partial charge is 0.159 e. The molecule has 1 aromatic carbocycles. The average Bonchev–Trinajstić information content (AvgIpc) is 3.43. The molecule has 1 fully saturated rings. The molecule has 1 saturated heterocycles. The van der Waals surface area contributed by atoms with Gasteiger partial charge in [0.05, 0.1) is 42.3 Å². The fourth-order valence-electron chi connectivity index (χ4n) is 3.97. The first-order valence-electron chi connectivity index (χ1n) is 10.4. The molecule has 7 nitrogen and oxygen atoms in total. The number of hydrogen-bond donors (Lipinski definition) is 2. The van der Waals surface area contributed by atoms with Gasteiger partial charge in [0, 0.05) is 18.5 Å². The molecule has 2 N–H and O–H groups in total. The van der Waals surface area contributed by atoms with Crippen molar-refractivity contribution >= 4 is 33.2 Å². The van der Waals surface area contributed by atoms with Gasteiger partial charge in [0.1, 0.15) is 11.2 Å². The summed E-state index contributed by atoms with van der Waals surface area (Å²) in [5.41, 5.74) is 6.82. The van der Waals surface area contributed by atoms with E-state index in [-0.39, 0.29) is 0 Å². The summed E-state index contributed by atoms with van der Waals surface area (Å²) < 4.78 is 5.49. The topological polar surface area (TPSA) is 82.7 Å². The normalized spacial score (nSPS) is 15.4. The van der Waals surface area contributed by atoms with E-state index in [0.29, 0.717) is 13.2 Å². The Bertz CT molecular complexity index is 1310. The number of rotatable bonds is 5. The minimum atomic E-state index is 0.716. The number of ether oxygens (including phenoxy) is 1. The van der Waals surface area contributed by atoms with Crippen molar-refractivity contribution in [3.05, 3.63) is 67.0 Å². The maximum atomic E-state index is 5.49. The number of hydrogen-bond acceptors (Lipinski definition) is 5. The Labute approximate surface area is 180 Å². The quantitative estimate of drug-likeness (QED) is 0.472. The van der Waals surface area contributed by atoms with Gasteiger partial charge in [-0.25, -0.2) is 4.98 Å². The molecule has 0 aliphatic carbocycles. The van der Waals surface area contributed by atoms with Crippen LogP contribution in [0.15, 0.2) is 61.5 Å². The van der Waals surface area contributed by atoms with Crippen molar-refractivity contribution in [2.75, 3.05) is 31.2 Å². The molecule has 1 aliphatic rings. The van der Waals surface area contributed by atoms with E-state index in [0.717, 1.165) is 63.4 Å². The molecule has 156 valence electrons. The van der Waals surface area contributed by atoms with Gasteiger partial charge < -0.3 is 14.6 Å². The number of morpholine rings is 1. The summed E-state index contributed by atoms with van der Waals surface area (Å²) in [6.07, 6.45) is 11.5. The van der Waals surface area contributed by atoms with E-state index in [4.69, 9.17) is 9.72 Å². The zero-order valence-electron chi connectivity index (χ0n) is 17.4. The molecule has 5 rings (SSSR count). The molecule has 0 unspecified atom stereocenters. The molecular formula is C24H24N6O. The summed E-state index contributed by atoms with van der Waals surface area (Å²) in [5, 5.41) is 8.71. The van der Waals surface area contributed by atoms with Crippen molar-refractivity contribution in [1.29, 1.82) is 0 Å². The monoisotopic (exact) mass is 412 g/mol. The predicted molar refractivity (Wildman–Crippen MR) is 125 cm³/mol. The largest absolute Gasteiger partial charge is 0.378 e. The molecule has 0 radical (unpaired) electrons. The number of aromatic amines is 2. The second-order valence-electron chi connectivity index (χ2n) is 7.41. The summed E-state index contributed by atoms with van der Waals surface area (Å²) in [6.45, 7) is 8.89. The van der Waals surface area contributed by atoms with Crippen LogP contribution in [0.1, 0.15) is 12.5 Å². The number of benzene rings is 1. The second-order valence-corrected chi connectivity index (χ2v) is 7.41. The van der Waals surface area contributed by atoms with Crippen molar-refractivity contribution in [3.8, 4) is 11.5 Å². The molecule has 0 amide bonds. The van der Waals surface area contributed by atoms with Crippen molar-refractivity contribution in [1.82, 2.24) is 25.1 Å². The van der Waals surface area contributed by atoms with E-state index < -0.39 is 0 Å². The van der Waals surface area contributed by atoms with Crippen LogP contribution in [0.4, 0.5) is 5.69 Å². The minimum absolute atomic E-state index is 0.716. The lowest BCUT2D eigenvalue weighted by molar-refractivity contribution is 0.123. The first kappa shape index (κ1) is 19.3. The Hall–Kier alpha value is -3.71. The van der Waals surface area contributed by atoms with E-state index in [1.807, 2.05) is 25.4 Å². The summed E-state index contributed by atoms with van der Waals surface area (Å²) >= 11 is 0. The van der Waals surface area contributed by atoms with E-state index >= 15 is 0 Å². The maximum Gasteiger partial charge on any atom is 0.159 e. The summed E-state index contributed by atoms with van der Waals surface area (Å²) in [5.74, 6) is 0.726. The number of anilines is 1. The van der Waals surface area contributed by atoms with E-state index in [9.17, 15) is 0 Å². The van der Waals surface area contributed by atoms with Gasteiger partial charge in [-0.1, -0.05) is 36.9 Å². The van der Waals surface area contributed by atoms with Gasteiger partial charge >= 0.3 is 0 Å². The summed E-state index contributed by atoms with van der Waals surface area (Å²) in [7, 11) is 0. The van der Waals surface area contributed by atoms with Crippen molar-refractivity contribution < 1.29 is 4.74 Å². The molecule has 1 aliphatic heterocycles. The minimum Gasteiger partial charge on any atom is -0.378 e. The van der Waals surface area contributed by atoms with Gasteiger partial charge in [-0.15, -0.1) is 0 Å². The molecule has 31 heavy (non-hydrogen) atoms. The van der Waals surface area contributed by atoms with Crippen LogP contribution in [0.3, 0.4) is 0 Å². The fraction of sp³-hybridized carbons (Fsp3) is 0.208. The van der Waals surface area contributed by atoms with Crippen LogP contribution >= 0.6 is 0 Å². The second kappa shape index (κ2) is 8.20. The highest BCUT2D eigenvalue weighted by Gasteiger charge is 2.19. The molecule has 4 aromatic rings. The highest BCUT2D eigenvalue weighted by atomic mass is 16.5. The Morgan fingerprint density at radius 2 is 2.06 bits per heavy atom. The van der Waals surface area contributed by atoms with Gasteiger partial charge in [0.25, 0.3) is 0 Å². The van der Waals surface area contributed by atoms with Crippen molar-refractivity contribution in [3.63, 3.8) is 0 Å². The van der Waals surface area contributed by atoms with E-state index in [1.165, 1.54) is 0 Å². The highest BCUT2D eigenvalue weighted by molar-refractivity contribution is 5.97. The maximum absolute atomic E-state index is 5.49. The Balaban J connectivity index is 1.60. The van der Waals surface area contributed by atoms with Gasteiger partial charge in [0.15, 0.2) is 5.82 Å². The van der Waals surface area contributed by atoms with Gasteiger partial charge in [-0.3, -0.25) is 10.1 Å². The molecule has 0 atom stereocenters. The van der Waals surface area contributed by atoms with Crippen molar-refractivity contribution in [2.45, 2.75) is 6.92 Å². The third-order valence-corrected chi connectivity index (χ3v) is 5.57. The molecule has 0 bridgehead atoms. The van der Waals surface area contributed by atoms with E-state index in [2.05, 4.69) is 62.0 Å². The van der Waals surface area contributed by atoms with Crippen LogP contribution < -0.4 is 4.90 Å². The zero-order chi connectivity index (χ0) is 21.2. The van der Waals surface area contributed by atoms with Crippen LogP contribution in [0, 0.1) is 0 Å². The third kappa shape index (κ3) is 3.53. The Morgan fingerprint density at radius 3 is 2.87 bits per heavy atom. The van der Waals surface area contributed by atoms with Gasteiger partial charge in [-0.05, 0) is 30.2 Å².